The second-order valence-electron chi connectivity index (χ2n) is 10.4. The van der Waals surface area contributed by atoms with E-state index in [4.69, 9.17) is 14.5 Å². The Bertz CT molecular complexity index is 2070. The Morgan fingerprint density at radius 1 is 0.575 bits per heavy atom. The van der Waals surface area contributed by atoms with Crippen LogP contribution in [0.25, 0.3) is 38.9 Å². The van der Waals surface area contributed by atoms with Crippen molar-refractivity contribution in [1.29, 1.82) is 0 Å². The largest absolute Gasteiger partial charge is 0.458 e. The van der Waals surface area contributed by atoms with Gasteiger partial charge in [-0.15, -0.1) is 0 Å². The topological polar surface area (TPSA) is 36.3 Å². The average Bonchev–Trinajstić information content (AvgIpc) is 3.40. The molecule has 0 aliphatic carbocycles. The highest BCUT2D eigenvalue weighted by Crippen LogP contribution is 2.39. The summed E-state index contributed by atoms with van der Waals surface area (Å²) in [6.07, 6.45) is 0. The minimum absolute atomic E-state index is 0.0472. The molecule has 4 nitrogen and oxygen atoms in total. The Morgan fingerprint density at radius 3 is 1.98 bits per heavy atom. The van der Waals surface area contributed by atoms with Crippen LogP contribution in [0.1, 0.15) is 0 Å². The molecular formula is C35H21BN2O2. The van der Waals surface area contributed by atoms with Gasteiger partial charge in [-0.05, 0) is 46.0 Å². The Labute approximate surface area is 231 Å². The van der Waals surface area contributed by atoms with Crippen molar-refractivity contribution >= 4 is 44.9 Å². The van der Waals surface area contributed by atoms with Gasteiger partial charge in [-0.2, -0.15) is 0 Å². The standard InChI is InChI=1S/C35H21BN2O2/c1-2-12-24-22(10-1)11-9-13-25(24)35-37-28-16-5-6-17-29(28)38(35)23-20-32-34-33(21-23)40-31-19-8-4-15-27(31)36(34)26-14-3-7-18-30(26)39-32/h1-21H. The second-order valence-corrected chi connectivity index (χ2v) is 10.4. The van der Waals surface area contributed by atoms with E-state index in [2.05, 4.69) is 114 Å². The molecule has 0 amide bonds. The third-order valence-corrected chi connectivity index (χ3v) is 8.13. The molecule has 186 valence electrons. The van der Waals surface area contributed by atoms with Crippen LogP contribution in [-0.4, -0.2) is 16.3 Å². The van der Waals surface area contributed by atoms with Crippen molar-refractivity contribution in [3.63, 3.8) is 0 Å². The van der Waals surface area contributed by atoms with Crippen LogP contribution in [0.4, 0.5) is 0 Å². The number of hydrogen-bond donors (Lipinski definition) is 0. The first kappa shape index (κ1) is 21.6. The lowest BCUT2D eigenvalue weighted by Crippen LogP contribution is -2.57. The Morgan fingerprint density at radius 2 is 1.20 bits per heavy atom. The zero-order valence-electron chi connectivity index (χ0n) is 21.4. The van der Waals surface area contributed by atoms with Crippen LogP contribution in [0.2, 0.25) is 0 Å². The van der Waals surface area contributed by atoms with Gasteiger partial charge in [0.25, 0.3) is 6.71 Å². The molecule has 0 saturated carbocycles. The second kappa shape index (κ2) is 8.11. The minimum atomic E-state index is 0.0472. The Hall–Kier alpha value is -5.29. The van der Waals surface area contributed by atoms with Gasteiger partial charge < -0.3 is 9.47 Å². The predicted octanol–water partition coefficient (Wildman–Crippen LogP) is 6.57. The molecule has 1 aromatic heterocycles. The summed E-state index contributed by atoms with van der Waals surface area (Å²) in [5, 5.41) is 2.35. The summed E-state index contributed by atoms with van der Waals surface area (Å²) >= 11 is 0. The maximum atomic E-state index is 6.59. The maximum absolute atomic E-state index is 6.59. The monoisotopic (exact) mass is 512 g/mol. The molecular weight excluding hydrogens is 491 g/mol. The molecule has 0 N–H and O–H groups in total. The van der Waals surface area contributed by atoms with E-state index in [9.17, 15) is 0 Å². The first-order valence-electron chi connectivity index (χ1n) is 13.5. The van der Waals surface area contributed by atoms with E-state index in [0.29, 0.717) is 0 Å². The van der Waals surface area contributed by atoms with Gasteiger partial charge in [-0.1, -0.05) is 91.0 Å². The summed E-state index contributed by atoms with van der Waals surface area (Å²) in [4.78, 5) is 5.16. The third-order valence-electron chi connectivity index (χ3n) is 8.13. The molecule has 0 radical (unpaired) electrons. The van der Waals surface area contributed by atoms with Crippen LogP contribution in [0.15, 0.2) is 127 Å². The van der Waals surface area contributed by atoms with Gasteiger partial charge >= 0.3 is 0 Å². The fourth-order valence-electron chi connectivity index (χ4n) is 6.40. The highest BCUT2D eigenvalue weighted by molar-refractivity contribution is 6.98. The Balaban J connectivity index is 1.34. The van der Waals surface area contributed by atoms with Gasteiger partial charge in [0.05, 0.1) is 16.7 Å². The van der Waals surface area contributed by atoms with Gasteiger partial charge in [-0.3, -0.25) is 4.57 Å². The molecule has 40 heavy (non-hydrogen) atoms. The zero-order valence-corrected chi connectivity index (χ0v) is 21.4. The molecule has 0 spiro atoms. The van der Waals surface area contributed by atoms with Gasteiger partial charge in [0.15, 0.2) is 0 Å². The van der Waals surface area contributed by atoms with Gasteiger partial charge in [-0.25, -0.2) is 4.98 Å². The number of aromatic nitrogens is 2. The van der Waals surface area contributed by atoms with E-state index in [0.717, 1.165) is 72.9 Å². The number of hydrogen-bond acceptors (Lipinski definition) is 3. The van der Waals surface area contributed by atoms with E-state index >= 15 is 0 Å². The lowest BCUT2D eigenvalue weighted by atomic mass is 9.35. The summed E-state index contributed by atoms with van der Waals surface area (Å²) in [7, 11) is 0. The third kappa shape index (κ3) is 3.00. The van der Waals surface area contributed by atoms with E-state index < -0.39 is 0 Å². The molecule has 6 aromatic carbocycles. The number of imidazole rings is 1. The minimum Gasteiger partial charge on any atom is -0.458 e. The van der Waals surface area contributed by atoms with Crippen molar-refractivity contribution < 1.29 is 9.47 Å². The lowest BCUT2D eigenvalue weighted by molar-refractivity contribution is 0.464. The van der Waals surface area contributed by atoms with Gasteiger partial charge in [0.1, 0.15) is 28.8 Å². The first-order valence-corrected chi connectivity index (χ1v) is 13.5. The first-order chi connectivity index (χ1) is 19.8. The summed E-state index contributed by atoms with van der Waals surface area (Å²) in [6, 6.07) is 44.1. The molecule has 7 aromatic rings. The van der Waals surface area contributed by atoms with Crippen LogP contribution in [0.3, 0.4) is 0 Å². The maximum Gasteiger partial charge on any atom is 0.260 e. The van der Waals surface area contributed by atoms with Crippen molar-refractivity contribution in [2.75, 3.05) is 0 Å². The van der Waals surface area contributed by atoms with E-state index in [1.54, 1.807) is 0 Å². The van der Waals surface area contributed by atoms with Gasteiger partial charge in [0, 0.05) is 23.2 Å². The van der Waals surface area contributed by atoms with Crippen LogP contribution in [0, 0.1) is 0 Å². The summed E-state index contributed by atoms with van der Waals surface area (Å²) in [5.74, 6) is 4.27. The van der Waals surface area contributed by atoms with Crippen molar-refractivity contribution in [3.05, 3.63) is 127 Å². The molecule has 0 unspecified atom stereocenters. The van der Waals surface area contributed by atoms with E-state index in [1.807, 2.05) is 18.2 Å². The summed E-state index contributed by atoms with van der Waals surface area (Å²) in [6.45, 7) is 0.0472. The smallest absolute Gasteiger partial charge is 0.260 e. The molecule has 9 rings (SSSR count). The van der Waals surface area contributed by atoms with Crippen LogP contribution in [0.5, 0.6) is 23.0 Å². The molecule has 3 heterocycles. The van der Waals surface area contributed by atoms with Crippen LogP contribution >= 0.6 is 0 Å². The Kier molecular flexibility index (Phi) is 4.38. The molecule has 5 heteroatoms. The fraction of sp³-hybridized carbons (Fsp3) is 0. The van der Waals surface area contributed by atoms with Crippen molar-refractivity contribution in [2.24, 2.45) is 0 Å². The zero-order chi connectivity index (χ0) is 26.2. The number of nitrogens with zero attached hydrogens (tertiary/aromatic N) is 2. The average molecular weight is 512 g/mol. The van der Waals surface area contributed by atoms with Crippen LogP contribution in [-0.2, 0) is 0 Å². The molecule has 0 fully saturated rings. The molecule has 2 aliphatic rings. The highest BCUT2D eigenvalue weighted by atomic mass is 16.5. The van der Waals surface area contributed by atoms with Crippen molar-refractivity contribution in [1.82, 2.24) is 9.55 Å². The SMILES string of the molecule is c1ccc2c(c1)Oc1cc(-n3c(-c4cccc5ccccc45)nc4ccccc43)cc3c1B2c1ccccc1O3. The van der Waals surface area contributed by atoms with Crippen molar-refractivity contribution in [2.45, 2.75) is 0 Å². The number of para-hydroxylation sites is 4. The number of benzene rings is 6. The van der Waals surface area contributed by atoms with E-state index in [1.165, 1.54) is 5.39 Å². The normalized spacial score (nSPS) is 12.8. The summed E-state index contributed by atoms with van der Waals surface area (Å²) < 4.78 is 15.4. The molecule has 0 bridgehead atoms. The highest BCUT2D eigenvalue weighted by Gasteiger charge is 2.40. The van der Waals surface area contributed by atoms with Crippen LogP contribution < -0.4 is 25.9 Å². The predicted molar refractivity (Wildman–Crippen MR) is 162 cm³/mol. The number of rotatable bonds is 2. The molecule has 0 saturated heterocycles. The fourth-order valence-corrected chi connectivity index (χ4v) is 6.40. The molecule has 2 aliphatic heterocycles. The number of ether oxygens (including phenoxy) is 2. The lowest BCUT2D eigenvalue weighted by Gasteiger charge is -2.33. The van der Waals surface area contributed by atoms with Crippen molar-refractivity contribution in [3.8, 4) is 40.1 Å². The summed E-state index contributed by atoms with van der Waals surface area (Å²) in [5.41, 5.74) is 7.37. The molecule has 0 atom stereocenters. The quantitative estimate of drug-likeness (QED) is 0.246. The number of fused-ring (bicyclic) bond motifs is 6. The van der Waals surface area contributed by atoms with Gasteiger partial charge in [0.2, 0.25) is 0 Å². The van der Waals surface area contributed by atoms with E-state index in [-0.39, 0.29) is 6.71 Å².